The smallest absolute Gasteiger partial charge is 0.309 e. The van der Waals surface area contributed by atoms with Gasteiger partial charge >= 0.3 is 5.97 Å². The first-order chi connectivity index (χ1) is 9.33. The summed E-state index contributed by atoms with van der Waals surface area (Å²) in [5.41, 5.74) is 1.42. The van der Waals surface area contributed by atoms with Crippen molar-refractivity contribution in [3.63, 3.8) is 0 Å². The maximum absolute atomic E-state index is 12.3. The predicted molar refractivity (Wildman–Crippen MR) is 82.7 cm³/mol. The molecule has 0 spiro atoms. The Hall–Kier alpha value is -0.773. The van der Waals surface area contributed by atoms with Crippen LogP contribution >= 0.6 is 0 Å². The number of carbonyl (C=O) groups is 1. The number of hydrogen-bond acceptors (Lipinski definition) is 3. The minimum atomic E-state index is -1.57. The van der Waals surface area contributed by atoms with E-state index in [-0.39, 0.29) is 11.9 Å². The number of hydrogen-bond donors (Lipinski definition) is 0. The lowest BCUT2D eigenvalue weighted by atomic mass is 9.73. The number of rotatable bonds is 4. The molecule has 1 saturated carbocycles. The summed E-state index contributed by atoms with van der Waals surface area (Å²) in [4.78, 5) is 12.3. The predicted octanol–water partition coefficient (Wildman–Crippen LogP) is 4.11. The normalized spacial score (nSPS) is 30.1. The highest BCUT2D eigenvalue weighted by atomic mass is 28.4. The first-order valence-corrected chi connectivity index (χ1v) is 11.3. The molecule has 4 heteroatoms. The SMILES string of the molecule is CCOC(=O)[C@@H]1[C@H](C)CC(O[Si](C)(C)C)=C2CCC[C@H]21. The number of allylic oxidation sites excluding steroid dienone is 2. The second kappa shape index (κ2) is 5.92. The van der Waals surface area contributed by atoms with Gasteiger partial charge in [0, 0.05) is 6.42 Å². The van der Waals surface area contributed by atoms with Crippen LogP contribution in [0.5, 0.6) is 0 Å². The zero-order chi connectivity index (χ0) is 14.9. The van der Waals surface area contributed by atoms with Crippen LogP contribution in [0.15, 0.2) is 11.3 Å². The van der Waals surface area contributed by atoms with Gasteiger partial charge in [0.25, 0.3) is 0 Å². The second-order valence-electron chi connectivity index (χ2n) is 7.12. The Morgan fingerprint density at radius 2 is 2.05 bits per heavy atom. The molecule has 0 heterocycles. The minimum Gasteiger partial charge on any atom is -0.547 e. The number of fused-ring (bicyclic) bond motifs is 1. The van der Waals surface area contributed by atoms with Crippen LogP contribution in [0.2, 0.25) is 19.6 Å². The maximum atomic E-state index is 12.3. The molecule has 2 aliphatic rings. The molecule has 20 heavy (non-hydrogen) atoms. The Morgan fingerprint density at radius 1 is 1.35 bits per heavy atom. The molecule has 0 aliphatic heterocycles. The van der Waals surface area contributed by atoms with Crippen LogP contribution in [0.3, 0.4) is 0 Å². The molecule has 0 N–H and O–H groups in total. The molecule has 2 rings (SSSR count). The van der Waals surface area contributed by atoms with Crippen molar-refractivity contribution in [1.29, 1.82) is 0 Å². The number of ether oxygens (including phenoxy) is 1. The van der Waals surface area contributed by atoms with Crippen molar-refractivity contribution in [2.45, 2.75) is 59.2 Å². The van der Waals surface area contributed by atoms with Crippen molar-refractivity contribution in [3.8, 4) is 0 Å². The van der Waals surface area contributed by atoms with Crippen LogP contribution in [0, 0.1) is 17.8 Å². The van der Waals surface area contributed by atoms with Gasteiger partial charge in [0.15, 0.2) is 0 Å². The average Bonchev–Trinajstić information content (AvgIpc) is 2.76. The van der Waals surface area contributed by atoms with Gasteiger partial charge in [-0.2, -0.15) is 0 Å². The summed E-state index contributed by atoms with van der Waals surface area (Å²) in [6, 6.07) is 0. The number of carbonyl (C=O) groups excluding carboxylic acids is 1. The van der Waals surface area contributed by atoms with Crippen molar-refractivity contribution in [2.24, 2.45) is 17.8 Å². The van der Waals surface area contributed by atoms with Gasteiger partial charge in [-0.25, -0.2) is 0 Å². The van der Waals surface area contributed by atoms with Crippen LogP contribution in [0.25, 0.3) is 0 Å². The van der Waals surface area contributed by atoms with Gasteiger partial charge in [0.1, 0.15) is 0 Å². The Morgan fingerprint density at radius 3 is 2.65 bits per heavy atom. The van der Waals surface area contributed by atoms with Gasteiger partial charge in [-0.15, -0.1) is 0 Å². The third-order valence-corrected chi connectivity index (χ3v) is 5.17. The monoisotopic (exact) mass is 296 g/mol. The Kier molecular flexibility index (Phi) is 4.62. The quantitative estimate of drug-likeness (QED) is 0.578. The van der Waals surface area contributed by atoms with E-state index in [0.29, 0.717) is 18.4 Å². The third-order valence-electron chi connectivity index (χ3n) is 4.31. The fraction of sp³-hybridized carbons (Fsp3) is 0.812. The fourth-order valence-corrected chi connectivity index (χ4v) is 4.63. The van der Waals surface area contributed by atoms with Gasteiger partial charge in [-0.05, 0) is 63.2 Å². The van der Waals surface area contributed by atoms with Crippen molar-refractivity contribution in [2.75, 3.05) is 6.61 Å². The topological polar surface area (TPSA) is 35.5 Å². The molecule has 3 atom stereocenters. The lowest BCUT2D eigenvalue weighted by molar-refractivity contribution is -0.152. The Bertz CT molecular complexity index is 408. The first-order valence-electron chi connectivity index (χ1n) is 7.91. The Labute approximate surface area is 123 Å². The van der Waals surface area contributed by atoms with E-state index in [1.165, 1.54) is 17.8 Å². The Balaban J connectivity index is 2.25. The third kappa shape index (κ3) is 3.27. The van der Waals surface area contributed by atoms with Crippen LogP contribution in [-0.4, -0.2) is 20.9 Å². The zero-order valence-corrected chi connectivity index (χ0v) is 14.5. The summed E-state index contributed by atoms with van der Waals surface area (Å²) in [6.45, 7) is 11.2. The van der Waals surface area contributed by atoms with Crippen LogP contribution in [0.1, 0.15) is 39.5 Å². The minimum absolute atomic E-state index is 0.00328. The lowest BCUT2D eigenvalue weighted by Gasteiger charge is -2.37. The highest BCUT2D eigenvalue weighted by Crippen LogP contribution is 2.48. The largest absolute Gasteiger partial charge is 0.547 e. The van der Waals surface area contributed by atoms with Crippen LogP contribution in [0.4, 0.5) is 0 Å². The van der Waals surface area contributed by atoms with Gasteiger partial charge in [0.05, 0.1) is 18.3 Å². The molecule has 0 aromatic carbocycles. The summed E-state index contributed by atoms with van der Waals surface area (Å²) in [6.07, 6.45) is 4.30. The average molecular weight is 296 g/mol. The van der Waals surface area contributed by atoms with E-state index in [1.54, 1.807) is 0 Å². The summed E-state index contributed by atoms with van der Waals surface area (Å²) >= 11 is 0. The molecule has 1 fully saturated rings. The fourth-order valence-electron chi connectivity index (χ4n) is 3.67. The molecule has 0 aromatic rings. The molecule has 0 unspecified atom stereocenters. The molecule has 114 valence electrons. The molecule has 2 aliphatic carbocycles. The van der Waals surface area contributed by atoms with E-state index in [9.17, 15) is 4.79 Å². The second-order valence-corrected chi connectivity index (χ2v) is 11.5. The molecule has 0 radical (unpaired) electrons. The summed E-state index contributed by atoms with van der Waals surface area (Å²) in [7, 11) is -1.57. The van der Waals surface area contributed by atoms with Gasteiger partial charge in [-0.1, -0.05) is 6.92 Å². The van der Waals surface area contributed by atoms with Crippen LogP contribution in [-0.2, 0) is 14.0 Å². The molecule has 0 saturated heterocycles. The standard InChI is InChI=1S/C16H28O3Si/c1-6-18-16(17)15-11(2)10-14(19-20(3,4)5)12-8-7-9-13(12)15/h11,13,15H,6-10H2,1-5H3/t11-,13-,15-/m1/s1. The molecule has 3 nitrogen and oxygen atoms in total. The van der Waals surface area contributed by atoms with E-state index in [0.717, 1.165) is 19.3 Å². The van der Waals surface area contributed by atoms with E-state index in [2.05, 4.69) is 26.6 Å². The highest BCUT2D eigenvalue weighted by Gasteiger charge is 2.44. The molecule has 0 aromatic heterocycles. The van der Waals surface area contributed by atoms with Gasteiger partial charge < -0.3 is 9.16 Å². The van der Waals surface area contributed by atoms with Crippen molar-refractivity contribution < 1.29 is 14.0 Å². The van der Waals surface area contributed by atoms with Crippen molar-refractivity contribution in [3.05, 3.63) is 11.3 Å². The van der Waals surface area contributed by atoms with Crippen molar-refractivity contribution in [1.82, 2.24) is 0 Å². The maximum Gasteiger partial charge on any atom is 0.309 e. The molecule has 0 bridgehead atoms. The summed E-state index contributed by atoms with van der Waals surface area (Å²) in [5.74, 6) is 1.94. The molecule has 0 amide bonds. The highest BCUT2D eigenvalue weighted by molar-refractivity contribution is 6.70. The lowest BCUT2D eigenvalue weighted by Crippen LogP contribution is -2.37. The van der Waals surface area contributed by atoms with E-state index >= 15 is 0 Å². The van der Waals surface area contributed by atoms with Crippen molar-refractivity contribution >= 4 is 14.3 Å². The first kappa shape index (κ1) is 15.6. The summed E-state index contributed by atoms with van der Waals surface area (Å²) < 4.78 is 11.6. The van der Waals surface area contributed by atoms with Gasteiger partial charge in [0.2, 0.25) is 8.32 Å². The summed E-state index contributed by atoms with van der Waals surface area (Å²) in [5, 5.41) is 0. The van der Waals surface area contributed by atoms with Crippen LogP contribution < -0.4 is 0 Å². The van der Waals surface area contributed by atoms with E-state index in [4.69, 9.17) is 9.16 Å². The zero-order valence-electron chi connectivity index (χ0n) is 13.5. The molecular formula is C16H28O3Si. The van der Waals surface area contributed by atoms with Gasteiger partial charge in [-0.3, -0.25) is 4.79 Å². The molecular weight excluding hydrogens is 268 g/mol. The van der Waals surface area contributed by atoms with E-state index < -0.39 is 8.32 Å². The van der Waals surface area contributed by atoms with E-state index in [1.807, 2.05) is 6.92 Å². The number of esters is 1.